The predicted molar refractivity (Wildman–Crippen MR) is 57.6 cm³/mol. The first-order valence-electron chi connectivity index (χ1n) is 5.40. The molecule has 0 fully saturated rings. The molecule has 17 heavy (non-hydrogen) atoms. The number of rotatable bonds is 1. The fourth-order valence-corrected chi connectivity index (χ4v) is 2.19. The maximum absolute atomic E-state index is 11.8. The molecule has 0 atom stereocenters. The number of aromatic nitrogens is 4. The highest BCUT2D eigenvalue weighted by Gasteiger charge is 2.21. The van der Waals surface area contributed by atoms with Crippen LogP contribution in [0.3, 0.4) is 0 Å². The molecule has 1 aliphatic rings. The summed E-state index contributed by atoms with van der Waals surface area (Å²) in [5.74, 6) is 0.233. The van der Waals surface area contributed by atoms with Gasteiger partial charge in [0.15, 0.2) is 0 Å². The lowest BCUT2D eigenvalue weighted by molar-refractivity contribution is 0.418. The quantitative estimate of drug-likeness (QED) is 0.745. The minimum absolute atomic E-state index is 0.233. The number of nitrogens with zero attached hydrogens (tertiary/aromatic N) is 3. The third-order valence-electron chi connectivity index (χ3n) is 2.94. The number of hydrogen-bond acceptors (Lipinski definition) is 5. The van der Waals surface area contributed by atoms with Crippen LogP contribution in [0, 0.1) is 0 Å². The van der Waals surface area contributed by atoms with Gasteiger partial charge in [-0.25, -0.2) is 4.79 Å². The van der Waals surface area contributed by atoms with Crippen molar-refractivity contribution < 1.29 is 4.52 Å². The van der Waals surface area contributed by atoms with Crippen molar-refractivity contribution in [3.63, 3.8) is 0 Å². The van der Waals surface area contributed by atoms with Gasteiger partial charge in [0.2, 0.25) is 12.2 Å². The molecule has 7 heteroatoms. The summed E-state index contributed by atoms with van der Waals surface area (Å²) in [6.07, 6.45) is 3.74. The zero-order valence-corrected chi connectivity index (χ0v) is 8.97. The first kappa shape index (κ1) is 10.0. The molecule has 0 aromatic carbocycles. The average Bonchev–Trinajstić information content (AvgIpc) is 2.83. The fourth-order valence-electron chi connectivity index (χ4n) is 2.19. The van der Waals surface area contributed by atoms with E-state index in [0.717, 1.165) is 12.8 Å². The van der Waals surface area contributed by atoms with Crippen molar-refractivity contribution in [2.24, 2.45) is 0 Å². The number of fused-ring (bicyclic) bond motifs is 1. The molecule has 3 heterocycles. The molecule has 2 aromatic heterocycles. The third kappa shape index (κ3) is 1.50. The zero-order valence-electron chi connectivity index (χ0n) is 8.97. The lowest BCUT2D eigenvalue weighted by Crippen LogP contribution is -2.36. The lowest BCUT2D eigenvalue weighted by atomic mass is 10.0. The van der Waals surface area contributed by atoms with Gasteiger partial charge in [0, 0.05) is 12.2 Å². The zero-order chi connectivity index (χ0) is 11.8. The summed E-state index contributed by atoms with van der Waals surface area (Å²) in [5.41, 5.74) is 0.228. The molecule has 3 rings (SSSR count). The summed E-state index contributed by atoms with van der Waals surface area (Å²) in [4.78, 5) is 29.6. The van der Waals surface area contributed by atoms with Crippen LogP contribution in [0.4, 0.5) is 0 Å². The molecule has 7 nitrogen and oxygen atoms in total. The van der Waals surface area contributed by atoms with E-state index in [4.69, 9.17) is 0 Å². The Bertz CT molecular complexity index is 653. The number of nitrogens with one attached hydrogen (secondary N) is 1. The van der Waals surface area contributed by atoms with Gasteiger partial charge in [-0.3, -0.25) is 14.3 Å². The predicted octanol–water partition coefficient (Wildman–Crippen LogP) is -0.0771. The average molecular weight is 234 g/mol. The van der Waals surface area contributed by atoms with Crippen LogP contribution >= 0.6 is 0 Å². The maximum Gasteiger partial charge on any atom is 0.328 e. The SMILES string of the molecule is O=c1[nH]c(=O)n2c(c1-c1ncon1)CCCC2. The van der Waals surface area contributed by atoms with Crippen molar-refractivity contribution in [1.29, 1.82) is 0 Å². The summed E-state index contributed by atoms with van der Waals surface area (Å²) in [6.45, 7) is 0.621. The molecule has 88 valence electrons. The fraction of sp³-hybridized carbons (Fsp3) is 0.400. The van der Waals surface area contributed by atoms with Crippen LogP contribution < -0.4 is 11.2 Å². The first-order chi connectivity index (χ1) is 8.27. The Morgan fingerprint density at radius 2 is 2.24 bits per heavy atom. The summed E-state index contributed by atoms with van der Waals surface area (Å²) in [5, 5.41) is 3.66. The molecule has 0 bridgehead atoms. The molecule has 0 saturated heterocycles. The Kier molecular flexibility index (Phi) is 2.17. The molecule has 0 amide bonds. The normalized spacial score (nSPS) is 14.6. The van der Waals surface area contributed by atoms with Crippen LogP contribution in [0.25, 0.3) is 11.4 Å². The number of aromatic amines is 1. The van der Waals surface area contributed by atoms with Crippen molar-refractivity contribution in [3.05, 3.63) is 32.9 Å². The van der Waals surface area contributed by atoms with E-state index in [0.29, 0.717) is 24.2 Å². The maximum atomic E-state index is 11.8. The Labute approximate surface area is 95.1 Å². The van der Waals surface area contributed by atoms with E-state index in [-0.39, 0.29) is 11.5 Å². The van der Waals surface area contributed by atoms with Gasteiger partial charge in [0.1, 0.15) is 5.56 Å². The first-order valence-corrected chi connectivity index (χ1v) is 5.40. The topological polar surface area (TPSA) is 93.8 Å². The largest absolute Gasteiger partial charge is 0.342 e. The minimum atomic E-state index is -0.454. The van der Waals surface area contributed by atoms with E-state index in [1.807, 2.05) is 0 Å². The molecule has 1 N–H and O–H groups in total. The monoisotopic (exact) mass is 234 g/mol. The highest BCUT2D eigenvalue weighted by molar-refractivity contribution is 5.56. The van der Waals surface area contributed by atoms with Crippen LogP contribution in [-0.2, 0) is 13.0 Å². The van der Waals surface area contributed by atoms with Gasteiger partial charge in [-0.1, -0.05) is 5.16 Å². The molecule has 0 unspecified atom stereocenters. The Morgan fingerprint density at radius 1 is 1.35 bits per heavy atom. The van der Waals surface area contributed by atoms with E-state index in [2.05, 4.69) is 19.6 Å². The number of H-pyrrole nitrogens is 1. The van der Waals surface area contributed by atoms with E-state index >= 15 is 0 Å². The van der Waals surface area contributed by atoms with Crippen LogP contribution in [0.1, 0.15) is 18.5 Å². The van der Waals surface area contributed by atoms with E-state index in [9.17, 15) is 9.59 Å². The van der Waals surface area contributed by atoms with Crippen LogP contribution in [0.15, 0.2) is 20.5 Å². The minimum Gasteiger partial charge on any atom is -0.342 e. The van der Waals surface area contributed by atoms with Crippen LogP contribution in [-0.4, -0.2) is 19.7 Å². The highest BCUT2D eigenvalue weighted by atomic mass is 16.5. The van der Waals surface area contributed by atoms with Crippen molar-refractivity contribution in [1.82, 2.24) is 19.7 Å². The molecule has 1 aliphatic heterocycles. The standard InChI is InChI=1S/C10H10N4O3/c15-9-7(8-11-5-17-13-8)6-3-1-2-4-14(6)10(16)12-9/h5H,1-4H2,(H,12,15,16). The molecule has 2 aromatic rings. The second-order valence-corrected chi connectivity index (χ2v) is 3.94. The van der Waals surface area contributed by atoms with Gasteiger partial charge >= 0.3 is 5.69 Å². The Hall–Kier alpha value is -2.18. The third-order valence-corrected chi connectivity index (χ3v) is 2.94. The summed E-state index contributed by atoms with van der Waals surface area (Å²) in [6, 6.07) is 0. The van der Waals surface area contributed by atoms with E-state index in [1.165, 1.54) is 6.39 Å². The molecule has 0 spiro atoms. The van der Waals surface area contributed by atoms with Crippen LogP contribution in [0.2, 0.25) is 0 Å². The summed E-state index contributed by atoms with van der Waals surface area (Å²) in [7, 11) is 0. The summed E-state index contributed by atoms with van der Waals surface area (Å²) >= 11 is 0. The van der Waals surface area contributed by atoms with Crippen molar-refractivity contribution in [2.75, 3.05) is 0 Å². The number of hydrogen-bond donors (Lipinski definition) is 1. The summed E-state index contributed by atoms with van der Waals surface area (Å²) < 4.78 is 6.22. The van der Waals surface area contributed by atoms with E-state index < -0.39 is 5.56 Å². The molecule has 0 aliphatic carbocycles. The Balaban J connectivity index is 2.35. The van der Waals surface area contributed by atoms with Gasteiger partial charge < -0.3 is 4.52 Å². The van der Waals surface area contributed by atoms with Crippen molar-refractivity contribution in [3.8, 4) is 11.4 Å². The van der Waals surface area contributed by atoms with Crippen LogP contribution in [0.5, 0.6) is 0 Å². The highest BCUT2D eigenvalue weighted by Crippen LogP contribution is 2.20. The smallest absolute Gasteiger partial charge is 0.328 e. The molecule has 0 radical (unpaired) electrons. The van der Waals surface area contributed by atoms with Gasteiger partial charge in [-0.05, 0) is 19.3 Å². The van der Waals surface area contributed by atoms with Gasteiger partial charge in [0.05, 0.1) is 0 Å². The second kappa shape index (κ2) is 3.69. The van der Waals surface area contributed by atoms with Gasteiger partial charge in [0.25, 0.3) is 5.56 Å². The van der Waals surface area contributed by atoms with E-state index in [1.54, 1.807) is 4.57 Å². The lowest BCUT2D eigenvalue weighted by Gasteiger charge is -2.18. The van der Waals surface area contributed by atoms with Crippen molar-refractivity contribution >= 4 is 0 Å². The van der Waals surface area contributed by atoms with Crippen molar-refractivity contribution in [2.45, 2.75) is 25.8 Å². The molecular weight excluding hydrogens is 224 g/mol. The molecule has 0 saturated carbocycles. The second-order valence-electron chi connectivity index (χ2n) is 3.94. The van der Waals surface area contributed by atoms with Gasteiger partial charge in [-0.15, -0.1) is 0 Å². The van der Waals surface area contributed by atoms with Gasteiger partial charge in [-0.2, -0.15) is 4.98 Å². The molecular formula is C10H10N4O3. The Morgan fingerprint density at radius 3 is 3.00 bits per heavy atom.